The third-order valence-electron chi connectivity index (χ3n) is 4.84. The highest BCUT2D eigenvalue weighted by atomic mass is 16.4. The second-order valence-corrected chi connectivity index (χ2v) is 7.43. The van der Waals surface area contributed by atoms with Gasteiger partial charge in [0, 0.05) is 11.1 Å². The normalized spacial score (nSPS) is 11.2. The molecule has 0 saturated carbocycles. The van der Waals surface area contributed by atoms with E-state index in [1.54, 1.807) is 13.0 Å². The van der Waals surface area contributed by atoms with Crippen LogP contribution in [0.3, 0.4) is 0 Å². The monoisotopic (exact) mass is 397 g/mol. The summed E-state index contributed by atoms with van der Waals surface area (Å²) in [6, 6.07) is 7.19. The molecule has 0 atom stereocenters. The number of aryl methyl sites for hydroxylation is 2. The van der Waals surface area contributed by atoms with Gasteiger partial charge in [0.1, 0.15) is 17.1 Å². The van der Waals surface area contributed by atoms with Gasteiger partial charge in [0.15, 0.2) is 11.4 Å². The van der Waals surface area contributed by atoms with Crippen molar-refractivity contribution in [2.45, 2.75) is 33.6 Å². The molecule has 1 amide bonds. The Kier molecular flexibility index (Phi) is 5.50. The molecule has 7 nitrogen and oxygen atoms in total. The predicted molar refractivity (Wildman–Crippen MR) is 110 cm³/mol. The zero-order valence-corrected chi connectivity index (χ0v) is 16.4. The van der Waals surface area contributed by atoms with Gasteiger partial charge in [-0.1, -0.05) is 13.8 Å². The first-order valence-electron chi connectivity index (χ1n) is 9.30. The SMILES string of the molecule is Cc1c(O)ccc2c(O)c(NC(=O)c3ccc(O)c(CCC(C)C)c3)c(=O)oc12. The van der Waals surface area contributed by atoms with Crippen LogP contribution in [-0.4, -0.2) is 21.2 Å². The summed E-state index contributed by atoms with van der Waals surface area (Å²) in [4.78, 5) is 25.0. The van der Waals surface area contributed by atoms with Crippen molar-refractivity contribution in [1.29, 1.82) is 0 Å². The summed E-state index contributed by atoms with van der Waals surface area (Å²) in [5.74, 6) is -0.589. The summed E-state index contributed by atoms with van der Waals surface area (Å²) in [6.07, 6.45) is 1.45. The van der Waals surface area contributed by atoms with Gasteiger partial charge in [-0.15, -0.1) is 0 Å². The summed E-state index contributed by atoms with van der Waals surface area (Å²) in [5, 5.41) is 32.8. The van der Waals surface area contributed by atoms with Crippen molar-refractivity contribution in [3.05, 3.63) is 57.4 Å². The number of hydrogen-bond acceptors (Lipinski definition) is 6. The molecule has 152 valence electrons. The lowest BCUT2D eigenvalue weighted by atomic mass is 10.00. The molecule has 0 fully saturated rings. The molecule has 3 aromatic rings. The third kappa shape index (κ3) is 4.03. The molecule has 0 radical (unpaired) electrons. The van der Waals surface area contributed by atoms with Crippen LogP contribution in [-0.2, 0) is 6.42 Å². The van der Waals surface area contributed by atoms with E-state index in [-0.39, 0.29) is 33.7 Å². The molecule has 2 aromatic carbocycles. The first-order chi connectivity index (χ1) is 13.7. The predicted octanol–water partition coefficient (Wildman–Crippen LogP) is 4.06. The first-order valence-corrected chi connectivity index (χ1v) is 9.30. The lowest BCUT2D eigenvalue weighted by Gasteiger charge is -2.11. The number of hydrogen-bond donors (Lipinski definition) is 4. The van der Waals surface area contributed by atoms with E-state index in [1.807, 2.05) is 0 Å². The van der Waals surface area contributed by atoms with Crippen molar-refractivity contribution in [3.63, 3.8) is 0 Å². The van der Waals surface area contributed by atoms with E-state index in [9.17, 15) is 24.9 Å². The lowest BCUT2D eigenvalue weighted by molar-refractivity contribution is 0.102. The van der Waals surface area contributed by atoms with Crippen molar-refractivity contribution < 1.29 is 24.5 Å². The van der Waals surface area contributed by atoms with Crippen LogP contribution in [0.25, 0.3) is 11.0 Å². The fourth-order valence-corrected chi connectivity index (χ4v) is 3.04. The van der Waals surface area contributed by atoms with E-state index < -0.39 is 17.3 Å². The number of amides is 1. The Morgan fingerprint density at radius 3 is 2.48 bits per heavy atom. The number of nitrogens with one attached hydrogen (secondary N) is 1. The maximum atomic E-state index is 12.7. The van der Waals surface area contributed by atoms with Crippen molar-refractivity contribution in [2.24, 2.45) is 5.92 Å². The van der Waals surface area contributed by atoms with Gasteiger partial charge in [-0.2, -0.15) is 0 Å². The Hall–Kier alpha value is -3.48. The minimum Gasteiger partial charge on any atom is -0.508 e. The number of carbonyl (C=O) groups excluding carboxylic acids is 1. The van der Waals surface area contributed by atoms with Crippen LogP contribution in [0.1, 0.15) is 41.8 Å². The smallest absolute Gasteiger partial charge is 0.364 e. The quantitative estimate of drug-likeness (QED) is 0.482. The number of phenols is 2. The zero-order valence-electron chi connectivity index (χ0n) is 16.4. The molecule has 0 saturated heterocycles. The van der Waals surface area contributed by atoms with Crippen LogP contribution >= 0.6 is 0 Å². The number of phenolic OH excluding ortho intramolecular Hbond substituents is 2. The third-order valence-corrected chi connectivity index (χ3v) is 4.84. The summed E-state index contributed by atoms with van der Waals surface area (Å²) < 4.78 is 5.20. The average Bonchev–Trinajstić information content (AvgIpc) is 2.67. The van der Waals surface area contributed by atoms with Gasteiger partial charge in [-0.05, 0) is 61.6 Å². The maximum Gasteiger partial charge on any atom is 0.364 e. The van der Waals surface area contributed by atoms with Crippen molar-refractivity contribution >= 4 is 22.6 Å². The molecule has 29 heavy (non-hydrogen) atoms. The van der Waals surface area contributed by atoms with Gasteiger partial charge in [-0.25, -0.2) is 4.79 Å². The second kappa shape index (κ2) is 7.87. The van der Waals surface area contributed by atoms with Gasteiger partial charge in [0.2, 0.25) is 0 Å². The molecule has 4 N–H and O–H groups in total. The molecule has 7 heteroatoms. The first kappa shape index (κ1) is 20.3. The van der Waals surface area contributed by atoms with Crippen molar-refractivity contribution in [2.75, 3.05) is 5.32 Å². The highest BCUT2D eigenvalue weighted by Crippen LogP contribution is 2.34. The molecule has 0 aliphatic rings. The van der Waals surface area contributed by atoms with Gasteiger partial charge >= 0.3 is 5.63 Å². The van der Waals surface area contributed by atoms with Crippen LogP contribution in [0.15, 0.2) is 39.5 Å². The minimum absolute atomic E-state index is 0.0473. The maximum absolute atomic E-state index is 12.7. The number of aromatic hydroxyl groups is 3. The lowest BCUT2D eigenvalue weighted by Crippen LogP contribution is -2.18. The Morgan fingerprint density at radius 2 is 1.79 bits per heavy atom. The van der Waals surface area contributed by atoms with E-state index in [0.717, 1.165) is 6.42 Å². The molecule has 0 bridgehead atoms. The Morgan fingerprint density at radius 1 is 1.10 bits per heavy atom. The van der Waals surface area contributed by atoms with Crippen molar-refractivity contribution in [3.8, 4) is 17.2 Å². The Bertz CT molecular complexity index is 1150. The Balaban J connectivity index is 1.95. The highest BCUT2D eigenvalue weighted by Gasteiger charge is 2.20. The molecular formula is C22H23NO6. The molecule has 0 aliphatic heterocycles. The highest BCUT2D eigenvalue weighted by molar-refractivity contribution is 6.06. The standard InChI is InChI=1S/C22H23NO6/c1-11(2)4-5-13-10-14(6-8-17(13)25)21(27)23-18-19(26)15-7-9-16(24)12(3)20(15)29-22(18)28/h6-11,24-26H,4-5H2,1-3H3,(H,23,27). The number of carbonyl (C=O) groups is 1. The van der Waals surface area contributed by atoms with Gasteiger partial charge in [0.05, 0.1) is 5.39 Å². The average molecular weight is 397 g/mol. The number of fused-ring (bicyclic) bond motifs is 1. The molecule has 1 heterocycles. The van der Waals surface area contributed by atoms with Crippen LogP contribution in [0.4, 0.5) is 5.69 Å². The van der Waals surface area contributed by atoms with Gasteiger partial charge in [-0.3, -0.25) is 4.79 Å². The fraction of sp³-hybridized carbons (Fsp3) is 0.273. The van der Waals surface area contributed by atoms with E-state index in [1.165, 1.54) is 24.3 Å². The largest absolute Gasteiger partial charge is 0.508 e. The summed E-state index contributed by atoms with van der Waals surface area (Å²) in [6.45, 7) is 5.68. The van der Waals surface area contributed by atoms with E-state index >= 15 is 0 Å². The van der Waals surface area contributed by atoms with Crippen LogP contribution in [0, 0.1) is 12.8 Å². The molecule has 3 rings (SSSR count). The molecule has 0 unspecified atom stereocenters. The van der Waals surface area contributed by atoms with E-state index in [0.29, 0.717) is 23.5 Å². The van der Waals surface area contributed by atoms with Gasteiger partial charge in [0.25, 0.3) is 5.91 Å². The number of rotatable bonds is 5. The van der Waals surface area contributed by atoms with E-state index in [4.69, 9.17) is 4.42 Å². The number of benzene rings is 2. The van der Waals surface area contributed by atoms with Crippen molar-refractivity contribution in [1.82, 2.24) is 0 Å². The van der Waals surface area contributed by atoms with Crippen LogP contribution in [0.2, 0.25) is 0 Å². The summed E-state index contributed by atoms with van der Waals surface area (Å²) in [5.41, 5.74) is -0.0954. The minimum atomic E-state index is -0.934. The van der Waals surface area contributed by atoms with Gasteiger partial charge < -0.3 is 25.1 Å². The number of anilines is 1. The fourth-order valence-electron chi connectivity index (χ4n) is 3.04. The molecule has 0 spiro atoms. The molecular weight excluding hydrogens is 374 g/mol. The zero-order chi connectivity index (χ0) is 21.3. The van der Waals surface area contributed by atoms with E-state index in [2.05, 4.69) is 19.2 Å². The van der Waals surface area contributed by atoms with Crippen LogP contribution < -0.4 is 10.9 Å². The summed E-state index contributed by atoms with van der Waals surface area (Å²) in [7, 11) is 0. The molecule has 1 aromatic heterocycles. The second-order valence-electron chi connectivity index (χ2n) is 7.43. The van der Waals surface area contributed by atoms with Crippen LogP contribution in [0.5, 0.6) is 17.2 Å². The summed E-state index contributed by atoms with van der Waals surface area (Å²) >= 11 is 0. The molecule has 0 aliphatic carbocycles. The Labute approximate surface area is 167 Å². The topological polar surface area (TPSA) is 120 Å².